The molecule has 0 saturated heterocycles. The summed E-state index contributed by atoms with van der Waals surface area (Å²) in [5.41, 5.74) is 0. The van der Waals surface area contributed by atoms with E-state index in [1.807, 2.05) is 6.07 Å². The summed E-state index contributed by atoms with van der Waals surface area (Å²) >= 11 is 3.99. The molecule has 2 aromatic rings. The summed E-state index contributed by atoms with van der Waals surface area (Å²) in [6.45, 7) is 0. The zero-order chi connectivity index (χ0) is 13.2. The molecule has 1 N–H and O–H groups in total. The first-order chi connectivity index (χ1) is 8.51. The smallest absolute Gasteiger partial charge is 0.261 e. The largest absolute Gasteiger partial charge is 0.272 e. The molecule has 0 amide bonds. The summed E-state index contributed by atoms with van der Waals surface area (Å²) in [5, 5.41) is 8.65. The van der Waals surface area contributed by atoms with Crippen molar-refractivity contribution in [3.05, 3.63) is 34.0 Å². The van der Waals surface area contributed by atoms with Crippen molar-refractivity contribution in [3.63, 3.8) is 0 Å². The zero-order valence-electron chi connectivity index (χ0n) is 8.66. The van der Waals surface area contributed by atoms with Crippen LogP contribution >= 0.6 is 27.3 Å². The number of hydrogen-bond acceptors (Lipinski definition) is 6. The average molecular weight is 345 g/mol. The SMILES string of the molecule is N#Cc1ccc(S(=O)(=O)Nc2cnc(Br)cn2)s1. The maximum atomic E-state index is 11.9. The van der Waals surface area contributed by atoms with Crippen molar-refractivity contribution in [1.29, 1.82) is 5.26 Å². The highest BCUT2D eigenvalue weighted by molar-refractivity contribution is 9.10. The van der Waals surface area contributed by atoms with E-state index in [2.05, 4.69) is 30.6 Å². The minimum absolute atomic E-state index is 0.0590. The minimum atomic E-state index is -3.72. The average Bonchev–Trinajstić information content (AvgIpc) is 2.81. The highest BCUT2D eigenvalue weighted by Crippen LogP contribution is 2.22. The molecule has 0 aliphatic rings. The van der Waals surface area contributed by atoms with Gasteiger partial charge in [0.25, 0.3) is 10.0 Å². The fraction of sp³-hybridized carbons (Fsp3) is 0. The number of halogens is 1. The van der Waals surface area contributed by atoms with Crippen LogP contribution in [0.1, 0.15) is 4.88 Å². The molecular weight excluding hydrogens is 340 g/mol. The van der Waals surface area contributed by atoms with Crippen molar-refractivity contribution in [2.75, 3.05) is 4.72 Å². The van der Waals surface area contributed by atoms with Gasteiger partial charge in [0, 0.05) is 0 Å². The summed E-state index contributed by atoms with van der Waals surface area (Å²) < 4.78 is 26.7. The number of nitriles is 1. The van der Waals surface area contributed by atoms with E-state index >= 15 is 0 Å². The number of hydrogen-bond donors (Lipinski definition) is 1. The predicted molar refractivity (Wildman–Crippen MR) is 69.6 cm³/mol. The summed E-state index contributed by atoms with van der Waals surface area (Å²) in [4.78, 5) is 8.04. The lowest BCUT2D eigenvalue weighted by molar-refractivity contribution is 0.603. The molecule has 6 nitrogen and oxygen atoms in total. The van der Waals surface area contributed by atoms with E-state index in [-0.39, 0.29) is 10.0 Å². The van der Waals surface area contributed by atoms with Gasteiger partial charge in [-0.1, -0.05) is 0 Å². The molecular formula is C9H5BrN4O2S2. The number of thiophene rings is 1. The molecule has 0 saturated carbocycles. The van der Waals surface area contributed by atoms with Crippen LogP contribution in [-0.2, 0) is 10.0 Å². The first kappa shape index (κ1) is 12.9. The Hall–Kier alpha value is -1.50. The monoisotopic (exact) mass is 344 g/mol. The summed E-state index contributed by atoms with van der Waals surface area (Å²) in [6.07, 6.45) is 2.67. The molecule has 0 spiro atoms. The van der Waals surface area contributed by atoms with Gasteiger partial charge in [0.2, 0.25) is 0 Å². The third kappa shape index (κ3) is 2.84. The van der Waals surface area contributed by atoms with Crippen LogP contribution in [0.3, 0.4) is 0 Å². The van der Waals surface area contributed by atoms with Gasteiger partial charge in [0.05, 0.1) is 12.4 Å². The minimum Gasteiger partial charge on any atom is -0.261 e. The fourth-order valence-corrected chi connectivity index (χ4v) is 3.38. The number of sulfonamides is 1. The van der Waals surface area contributed by atoms with Crippen LogP contribution in [0.2, 0.25) is 0 Å². The Labute approximate surface area is 116 Å². The van der Waals surface area contributed by atoms with Crippen LogP contribution in [0.25, 0.3) is 0 Å². The maximum absolute atomic E-state index is 11.9. The van der Waals surface area contributed by atoms with Gasteiger partial charge in [0.15, 0.2) is 5.82 Å². The van der Waals surface area contributed by atoms with Crippen molar-refractivity contribution in [2.24, 2.45) is 0 Å². The molecule has 0 atom stereocenters. The first-order valence-electron chi connectivity index (χ1n) is 4.51. The van der Waals surface area contributed by atoms with Gasteiger partial charge >= 0.3 is 0 Å². The van der Waals surface area contributed by atoms with Crippen molar-refractivity contribution in [2.45, 2.75) is 4.21 Å². The molecule has 2 aromatic heterocycles. The summed E-state index contributed by atoms with van der Waals surface area (Å²) in [7, 11) is -3.72. The molecule has 18 heavy (non-hydrogen) atoms. The molecule has 0 aromatic carbocycles. The van der Waals surface area contributed by atoms with Crippen molar-refractivity contribution < 1.29 is 8.42 Å². The van der Waals surface area contributed by atoms with E-state index in [1.54, 1.807) is 0 Å². The lowest BCUT2D eigenvalue weighted by Gasteiger charge is -2.04. The molecule has 0 bridgehead atoms. The van der Waals surface area contributed by atoms with E-state index in [0.29, 0.717) is 9.48 Å². The second-order valence-corrected chi connectivity index (χ2v) is 6.87. The third-order valence-corrected chi connectivity index (χ3v) is 5.06. The fourth-order valence-electron chi connectivity index (χ4n) is 1.08. The maximum Gasteiger partial charge on any atom is 0.272 e. The van der Waals surface area contributed by atoms with E-state index in [9.17, 15) is 8.42 Å². The zero-order valence-corrected chi connectivity index (χ0v) is 11.9. The van der Waals surface area contributed by atoms with Gasteiger partial charge < -0.3 is 0 Å². The Bertz CT molecular complexity index is 703. The van der Waals surface area contributed by atoms with Crippen LogP contribution in [0.4, 0.5) is 5.82 Å². The van der Waals surface area contributed by atoms with Gasteiger partial charge in [0.1, 0.15) is 19.8 Å². The second-order valence-electron chi connectivity index (χ2n) is 3.06. The van der Waals surface area contributed by atoms with E-state index in [1.165, 1.54) is 24.5 Å². The number of anilines is 1. The summed E-state index contributed by atoms with van der Waals surface area (Å²) in [5.74, 6) is 0.116. The van der Waals surface area contributed by atoms with Gasteiger partial charge in [-0.25, -0.2) is 18.4 Å². The predicted octanol–water partition coefficient (Wildman–Crippen LogP) is 1.97. The Balaban J connectivity index is 2.27. The Morgan fingerprint density at radius 3 is 2.67 bits per heavy atom. The van der Waals surface area contributed by atoms with E-state index in [4.69, 9.17) is 5.26 Å². The molecule has 9 heteroatoms. The highest BCUT2D eigenvalue weighted by Gasteiger charge is 2.17. The Morgan fingerprint density at radius 2 is 2.11 bits per heavy atom. The van der Waals surface area contributed by atoms with Crippen molar-refractivity contribution in [3.8, 4) is 6.07 Å². The lowest BCUT2D eigenvalue weighted by Crippen LogP contribution is -2.12. The third-order valence-electron chi connectivity index (χ3n) is 1.82. The normalized spacial score (nSPS) is 10.9. The van der Waals surface area contributed by atoms with E-state index in [0.717, 1.165) is 11.3 Å². The summed E-state index contributed by atoms with van der Waals surface area (Å²) in [6, 6.07) is 4.71. The topological polar surface area (TPSA) is 95.7 Å². The first-order valence-corrected chi connectivity index (χ1v) is 7.61. The van der Waals surface area contributed by atoms with Crippen LogP contribution in [0.15, 0.2) is 33.3 Å². The van der Waals surface area contributed by atoms with Crippen LogP contribution in [0.5, 0.6) is 0 Å². The number of nitrogens with one attached hydrogen (secondary N) is 1. The van der Waals surface area contributed by atoms with Gasteiger partial charge in [-0.05, 0) is 28.1 Å². The number of nitrogens with zero attached hydrogens (tertiary/aromatic N) is 3. The van der Waals surface area contributed by atoms with Crippen LogP contribution in [-0.4, -0.2) is 18.4 Å². The van der Waals surface area contributed by atoms with Crippen LogP contribution in [0, 0.1) is 11.3 Å². The molecule has 2 rings (SSSR count). The Kier molecular flexibility index (Phi) is 3.60. The lowest BCUT2D eigenvalue weighted by atomic mass is 10.5. The molecule has 0 aliphatic carbocycles. The Morgan fingerprint density at radius 1 is 1.33 bits per heavy atom. The quantitative estimate of drug-likeness (QED) is 0.918. The van der Waals surface area contributed by atoms with Gasteiger partial charge in [-0.2, -0.15) is 5.26 Å². The highest BCUT2D eigenvalue weighted by atomic mass is 79.9. The number of aromatic nitrogens is 2. The molecule has 0 aliphatic heterocycles. The number of rotatable bonds is 3. The van der Waals surface area contributed by atoms with Gasteiger partial charge in [-0.15, -0.1) is 11.3 Å². The van der Waals surface area contributed by atoms with Crippen LogP contribution < -0.4 is 4.72 Å². The molecule has 92 valence electrons. The molecule has 0 unspecified atom stereocenters. The van der Waals surface area contributed by atoms with Gasteiger partial charge in [-0.3, -0.25) is 4.72 Å². The standard InChI is InChI=1S/C9H5BrN4O2S2/c10-7-4-13-8(5-12-7)14-18(15,16)9-2-1-6(3-11)17-9/h1-2,4-5H,(H,13,14). The molecule has 0 radical (unpaired) electrons. The van der Waals surface area contributed by atoms with Crippen molar-refractivity contribution in [1.82, 2.24) is 9.97 Å². The van der Waals surface area contributed by atoms with E-state index < -0.39 is 10.0 Å². The second kappa shape index (κ2) is 5.01. The molecule has 2 heterocycles. The van der Waals surface area contributed by atoms with Crippen molar-refractivity contribution >= 4 is 43.1 Å². The molecule has 0 fully saturated rings.